The first-order chi connectivity index (χ1) is 6.42. The lowest BCUT2D eigenvalue weighted by Crippen LogP contribution is -2.45. The van der Waals surface area contributed by atoms with Crippen LogP contribution in [0.25, 0.3) is 0 Å². The molecule has 0 aliphatic carbocycles. The number of likely N-dealkylation sites (tertiary alicyclic amines) is 1. The fraction of sp³-hybridized carbons (Fsp3) is 0.909. The lowest BCUT2D eigenvalue weighted by molar-refractivity contribution is -0.127. The van der Waals surface area contributed by atoms with E-state index >= 15 is 0 Å². The van der Waals surface area contributed by atoms with Crippen molar-refractivity contribution in [1.82, 2.24) is 4.90 Å². The summed E-state index contributed by atoms with van der Waals surface area (Å²) in [5, 5.41) is 0. The number of amides is 1. The van der Waals surface area contributed by atoms with Gasteiger partial charge in [-0.2, -0.15) is 0 Å². The number of rotatable bonds is 3. The van der Waals surface area contributed by atoms with Gasteiger partial charge in [-0.05, 0) is 45.7 Å². The molecule has 1 fully saturated rings. The zero-order valence-corrected chi connectivity index (χ0v) is 9.55. The summed E-state index contributed by atoms with van der Waals surface area (Å²) < 4.78 is 0. The molecule has 0 radical (unpaired) electrons. The summed E-state index contributed by atoms with van der Waals surface area (Å²) in [6.45, 7) is 9.15. The highest BCUT2D eigenvalue weighted by atomic mass is 16.1. The maximum atomic E-state index is 11.2. The zero-order chi connectivity index (χ0) is 10.8. The molecule has 0 aromatic carbocycles. The van der Waals surface area contributed by atoms with Gasteiger partial charge in [0.25, 0.3) is 0 Å². The minimum Gasteiger partial charge on any atom is -0.369 e. The van der Waals surface area contributed by atoms with Crippen LogP contribution in [0.1, 0.15) is 33.6 Å². The minimum atomic E-state index is -0.388. The zero-order valence-electron chi connectivity index (χ0n) is 9.55. The van der Waals surface area contributed by atoms with Crippen LogP contribution in [0.3, 0.4) is 0 Å². The number of primary amides is 1. The molecule has 0 spiro atoms. The first-order valence-corrected chi connectivity index (χ1v) is 5.44. The van der Waals surface area contributed by atoms with Gasteiger partial charge < -0.3 is 10.6 Å². The molecular weight excluding hydrogens is 176 g/mol. The molecule has 14 heavy (non-hydrogen) atoms. The Labute approximate surface area is 86.6 Å². The molecule has 2 N–H and O–H groups in total. The quantitative estimate of drug-likeness (QED) is 0.741. The molecule has 1 saturated heterocycles. The Morgan fingerprint density at radius 1 is 1.43 bits per heavy atom. The van der Waals surface area contributed by atoms with Gasteiger partial charge in [-0.3, -0.25) is 4.79 Å². The van der Waals surface area contributed by atoms with E-state index in [9.17, 15) is 4.79 Å². The summed E-state index contributed by atoms with van der Waals surface area (Å²) >= 11 is 0. The fourth-order valence-electron chi connectivity index (χ4n) is 1.86. The van der Waals surface area contributed by atoms with Gasteiger partial charge in [-0.15, -0.1) is 0 Å². The molecule has 0 atom stereocenters. The van der Waals surface area contributed by atoms with Gasteiger partial charge in [0, 0.05) is 6.54 Å². The van der Waals surface area contributed by atoms with Crippen molar-refractivity contribution in [3.8, 4) is 0 Å². The summed E-state index contributed by atoms with van der Waals surface area (Å²) in [6, 6.07) is 0. The van der Waals surface area contributed by atoms with Gasteiger partial charge in [-0.25, -0.2) is 0 Å². The molecule has 0 bridgehead atoms. The fourth-order valence-corrected chi connectivity index (χ4v) is 1.86. The van der Waals surface area contributed by atoms with Crippen molar-refractivity contribution >= 4 is 5.91 Å². The maximum absolute atomic E-state index is 11.2. The van der Waals surface area contributed by atoms with Crippen LogP contribution in [-0.4, -0.2) is 30.4 Å². The topological polar surface area (TPSA) is 46.3 Å². The van der Waals surface area contributed by atoms with E-state index < -0.39 is 0 Å². The second-order valence-electron chi connectivity index (χ2n) is 5.21. The van der Waals surface area contributed by atoms with E-state index in [1.54, 1.807) is 0 Å². The smallest absolute Gasteiger partial charge is 0.224 e. The lowest BCUT2D eigenvalue weighted by Gasteiger charge is -2.35. The van der Waals surface area contributed by atoms with E-state index in [0.717, 1.165) is 25.6 Å². The van der Waals surface area contributed by atoms with Crippen molar-refractivity contribution in [3.05, 3.63) is 0 Å². The van der Waals surface area contributed by atoms with Crippen LogP contribution in [0.15, 0.2) is 0 Å². The number of hydrogen-bond acceptors (Lipinski definition) is 2. The average molecular weight is 198 g/mol. The first kappa shape index (κ1) is 11.5. The van der Waals surface area contributed by atoms with Crippen LogP contribution in [0.4, 0.5) is 0 Å². The standard InChI is InChI=1S/C11H22N2O/c1-9-4-6-13(7-5-9)8-11(2,3)10(12)14/h9H,4-8H2,1-3H3,(H2,12,14). The highest BCUT2D eigenvalue weighted by molar-refractivity contribution is 5.80. The molecule has 3 nitrogen and oxygen atoms in total. The average Bonchev–Trinajstić information content (AvgIpc) is 2.08. The third-order valence-corrected chi connectivity index (χ3v) is 3.16. The third kappa shape index (κ3) is 2.98. The van der Waals surface area contributed by atoms with E-state index in [2.05, 4.69) is 11.8 Å². The molecule has 82 valence electrons. The highest BCUT2D eigenvalue weighted by Crippen LogP contribution is 2.21. The van der Waals surface area contributed by atoms with Crippen molar-refractivity contribution in [2.75, 3.05) is 19.6 Å². The van der Waals surface area contributed by atoms with E-state index in [-0.39, 0.29) is 11.3 Å². The number of nitrogens with zero attached hydrogens (tertiary/aromatic N) is 1. The summed E-state index contributed by atoms with van der Waals surface area (Å²) in [5.41, 5.74) is 4.96. The molecule has 0 unspecified atom stereocenters. The van der Waals surface area contributed by atoms with Crippen LogP contribution < -0.4 is 5.73 Å². The maximum Gasteiger partial charge on any atom is 0.224 e. The van der Waals surface area contributed by atoms with Gasteiger partial charge in [0.05, 0.1) is 5.41 Å². The Balaban J connectivity index is 2.41. The number of nitrogens with two attached hydrogens (primary N) is 1. The predicted molar refractivity (Wildman–Crippen MR) is 57.8 cm³/mol. The molecule has 1 aliphatic rings. The second kappa shape index (κ2) is 4.30. The largest absolute Gasteiger partial charge is 0.369 e. The second-order valence-corrected chi connectivity index (χ2v) is 5.21. The summed E-state index contributed by atoms with van der Waals surface area (Å²) in [5.74, 6) is 0.638. The molecule has 1 heterocycles. The monoisotopic (exact) mass is 198 g/mol. The SMILES string of the molecule is CC1CCN(CC(C)(C)C(N)=O)CC1. The van der Waals surface area contributed by atoms with Crippen LogP contribution in [0.5, 0.6) is 0 Å². The van der Waals surface area contributed by atoms with E-state index in [4.69, 9.17) is 5.73 Å². The van der Waals surface area contributed by atoms with Crippen molar-refractivity contribution in [1.29, 1.82) is 0 Å². The third-order valence-electron chi connectivity index (χ3n) is 3.16. The van der Waals surface area contributed by atoms with Gasteiger partial charge in [0.2, 0.25) is 5.91 Å². The Bertz CT molecular complexity index is 205. The van der Waals surface area contributed by atoms with Crippen LogP contribution >= 0.6 is 0 Å². The summed E-state index contributed by atoms with van der Waals surface area (Å²) in [4.78, 5) is 13.5. The van der Waals surface area contributed by atoms with Crippen LogP contribution in [0, 0.1) is 11.3 Å². The van der Waals surface area contributed by atoms with E-state index in [1.165, 1.54) is 12.8 Å². The summed E-state index contributed by atoms with van der Waals surface area (Å²) in [7, 11) is 0. The Morgan fingerprint density at radius 2 is 1.93 bits per heavy atom. The van der Waals surface area contributed by atoms with Crippen LogP contribution in [0.2, 0.25) is 0 Å². The molecule has 0 aromatic heterocycles. The first-order valence-electron chi connectivity index (χ1n) is 5.44. The van der Waals surface area contributed by atoms with Crippen LogP contribution in [-0.2, 0) is 4.79 Å². The number of hydrogen-bond donors (Lipinski definition) is 1. The lowest BCUT2D eigenvalue weighted by atomic mass is 9.90. The predicted octanol–water partition coefficient (Wildman–Crippen LogP) is 1.23. The molecular formula is C11H22N2O. The van der Waals surface area contributed by atoms with Crippen molar-refractivity contribution < 1.29 is 4.79 Å². The van der Waals surface area contributed by atoms with Crippen molar-refractivity contribution in [2.45, 2.75) is 33.6 Å². The number of piperidine rings is 1. The normalized spacial score (nSPS) is 21.1. The van der Waals surface area contributed by atoms with E-state index in [0.29, 0.717) is 0 Å². The van der Waals surface area contributed by atoms with E-state index in [1.807, 2.05) is 13.8 Å². The Morgan fingerprint density at radius 3 is 2.36 bits per heavy atom. The molecule has 1 amide bonds. The number of carbonyl (C=O) groups excluding carboxylic acids is 1. The molecule has 0 saturated carbocycles. The van der Waals surface area contributed by atoms with Crippen molar-refractivity contribution in [2.24, 2.45) is 17.1 Å². The van der Waals surface area contributed by atoms with Gasteiger partial charge in [0.1, 0.15) is 0 Å². The Kier molecular flexibility index (Phi) is 3.53. The molecule has 1 rings (SSSR count). The molecule has 0 aromatic rings. The van der Waals surface area contributed by atoms with Gasteiger partial charge in [0.15, 0.2) is 0 Å². The van der Waals surface area contributed by atoms with Gasteiger partial charge in [-0.1, -0.05) is 6.92 Å². The minimum absolute atomic E-state index is 0.198. The molecule has 1 aliphatic heterocycles. The summed E-state index contributed by atoms with van der Waals surface area (Å²) in [6.07, 6.45) is 2.49. The van der Waals surface area contributed by atoms with Crippen molar-refractivity contribution in [3.63, 3.8) is 0 Å². The Hall–Kier alpha value is -0.570. The number of carbonyl (C=O) groups is 1. The molecule has 3 heteroatoms. The highest BCUT2D eigenvalue weighted by Gasteiger charge is 2.29. The van der Waals surface area contributed by atoms with Gasteiger partial charge >= 0.3 is 0 Å².